The molecule has 0 fully saturated rings. The standard InChI is InChI=1S/C14H13N3O2/c1-14(15,17(18)19)11-7-4-6-10-9-5-2-3-8-12(9)16-13(10)11/h2-8,16H,15H2,1H3. The molecule has 5 nitrogen and oxygen atoms in total. The van der Waals surface area contributed by atoms with Crippen LogP contribution in [-0.2, 0) is 5.66 Å². The van der Waals surface area contributed by atoms with E-state index in [-0.39, 0.29) is 0 Å². The quantitative estimate of drug-likeness (QED) is 0.419. The van der Waals surface area contributed by atoms with Gasteiger partial charge in [-0.25, -0.2) is 0 Å². The van der Waals surface area contributed by atoms with Crippen molar-refractivity contribution in [1.82, 2.24) is 4.98 Å². The van der Waals surface area contributed by atoms with E-state index in [1.807, 2.05) is 30.3 Å². The molecular formula is C14H13N3O2. The summed E-state index contributed by atoms with van der Waals surface area (Å²) in [6.07, 6.45) is 0. The number of hydrogen-bond acceptors (Lipinski definition) is 3. The van der Waals surface area contributed by atoms with Crippen molar-refractivity contribution in [3.8, 4) is 0 Å². The summed E-state index contributed by atoms with van der Waals surface area (Å²) in [7, 11) is 0. The van der Waals surface area contributed by atoms with E-state index in [9.17, 15) is 10.1 Å². The van der Waals surface area contributed by atoms with Gasteiger partial charge in [-0.2, -0.15) is 0 Å². The molecule has 0 aliphatic heterocycles. The molecule has 3 N–H and O–H groups in total. The van der Waals surface area contributed by atoms with Crippen LogP contribution in [0.25, 0.3) is 21.8 Å². The Morgan fingerprint density at radius 3 is 2.58 bits per heavy atom. The zero-order chi connectivity index (χ0) is 13.6. The van der Waals surface area contributed by atoms with Crippen LogP contribution in [0.4, 0.5) is 0 Å². The normalized spacial score (nSPS) is 14.6. The van der Waals surface area contributed by atoms with Gasteiger partial charge in [-0.15, -0.1) is 0 Å². The second kappa shape index (κ2) is 3.80. The summed E-state index contributed by atoms with van der Waals surface area (Å²) in [6, 6.07) is 13.2. The minimum absolute atomic E-state index is 0.465. The highest BCUT2D eigenvalue weighted by Gasteiger charge is 2.36. The summed E-state index contributed by atoms with van der Waals surface area (Å²) in [6.45, 7) is 1.41. The lowest BCUT2D eigenvalue weighted by atomic mass is 10.00. The maximum Gasteiger partial charge on any atom is 0.297 e. The highest BCUT2D eigenvalue weighted by Crippen LogP contribution is 2.31. The Morgan fingerprint density at radius 1 is 1.16 bits per heavy atom. The average molecular weight is 255 g/mol. The van der Waals surface area contributed by atoms with Gasteiger partial charge < -0.3 is 4.98 Å². The van der Waals surface area contributed by atoms with E-state index in [0.29, 0.717) is 5.56 Å². The number of hydrogen-bond donors (Lipinski definition) is 2. The first-order valence-electron chi connectivity index (χ1n) is 5.95. The SMILES string of the molecule is CC(N)(c1cccc2c1[nH]c1ccccc12)[N+](=O)[O-]. The first-order chi connectivity index (χ1) is 9.01. The fraction of sp³-hybridized carbons (Fsp3) is 0.143. The van der Waals surface area contributed by atoms with E-state index in [2.05, 4.69) is 4.98 Å². The predicted octanol–water partition coefficient (Wildman–Crippen LogP) is 2.73. The van der Waals surface area contributed by atoms with Crippen LogP contribution in [0, 0.1) is 10.1 Å². The largest absolute Gasteiger partial charge is 0.354 e. The van der Waals surface area contributed by atoms with Crippen molar-refractivity contribution >= 4 is 21.8 Å². The fourth-order valence-electron chi connectivity index (χ4n) is 2.39. The zero-order valence-electron chi connectivity index (χ0n) is 10.4. The maximum absolute atomic E-state index is 11.1. The van der Waals surface area contributed by atoms with Crippen molar-refractivity contribution in [3.63, 3.8) is 0 Å². The van der Waals surface area contributed by atoms with Gasteiger partial charge in [-0.3, -0.25) is 15.8 Å². The third-order valence-electron chi connectivity index (χ3n) is 3.47. The van der Waals surface area contributed by atoms with Crippen molar-refractivity contribution < 1.29 is 4.92 Å². The zero-order valence-corrected chi connectivity index (χ0v) is 10.4. The molecular weight excluding hydrogens is 242 g/mol. The molecule has 0 aliphatic carbocycles. The molecule has 3 rings (SSSR count). The van der Waals surface area contributed by atoms with Gasteiger partial charge in [0.15, 0.2) is 0 Å². The molecule has 0 bridgehead atoms. The highest BCUT2D eigenvalue weighted by atomic mass is 16.6. The topological polar surface area (TPSA) is 85.0 Å². The van der Waals surface area contributed by atoms with Crippen molar-refractivity contribution in [2.75, 3.05) is 0 Å². The number of nitrogens with two attached hydrogens (primary N) is 1. The molecule has 0 saturated carbocycles. The smallest absolute Gasteiger partial charge is 0.297 e. The van der Waals surface area contributed by atoms with Crippen molar-refractivity contribution in [2.45, 2.75) is 12.6 Å². The number of fused-ring (bicyclic) bond motifs is 3. The van der Waals surface area contributed by atoms with Gasteiger partial charge in [0.05, 0.1) is 11.1 Å². The molecule has 19 heavy (non-hydrogen) atoms. The number of para-hydroxylation sites is 2. The molecule has 0 radical (unpaired) electrons. The van der Waals surface area contributed by atoms with E-state index in [1.54, 1.807) is 12.1 Å². The molecule has 1 unspecified atom stereocenters. The number of nitrogens with zero attached hydrogens (tertiary/aromatic N) is 1. The van der Waals surface area contributed by atoms with Gasteiger partial charge in [0.1, 0.15) is 0 Å². The second-order valence-electron chi connectivity index (χ2n) is 4.80. The number of rotatable bonds is 2. The van der Waals surface area contributed by atoms with E-state index < -0.39 is 10.6 Å². The molecule has 1 heterocycles. The van der Waals surface area contributed by atoms with Gasteiger partial charge in [0.2, 0.25) is 0 Å². The van der Waals surface area contributed by atoms with Crippen molar-refractivity contribution in [1.29, 1.82) is 0 Å². The monoisotopic (exact) mass is 255 g/mol. The number of nitrogens with one attached hydrogen (secondary N) is 1. The first-order valence-corrected chi connectivity index (χ1v) is 5.95. The Hall–Kier alpha value is -2.40. The first kappa shape index (κ1) is 11.7. The lowest BCUT2D eigenvalue weighted by Gasteiger charge is -2.16. The van der Waals surface area contributed by atoms with Crippen molar-refractivity contribution in [3.05, 3.63) is 58.1 Å². The number of nitro groups is 1. The van der Waals surface area contributed by atoms with E-state index in [1.165, 1.54) is 6.92 Å². The number of H-pyrrole nitrogens is 1. The number of aromatic nitrogens is 1. The lowest BCUT2D eigenvalue weighted by molar-refractivity contribution is -0.573. The van der Waals surface area contributed by atoms with E-state index in [4.69, 9.17) is 5.73 Å². The maximum atomic E-state index is 11.1. The second-order valence-corrected chi connectivity index (χ2v) is 4.80. The Morgan fingerprint density at radius 2 is 1.84 bits per heavy atom. The van der Waals surface area contributed by atoms with Crippen LogP contribution in [0.5, 0.6) is 0 Å². The summed E-state index contributed by atoms with van der Waals surface area (Å²) in [5.74, 6) is 0. The van der Waals surface area contributed by atoms with Crippen molar-refractivity contribution in [2.24, 2.45) is 5.73 Å². The van der Waals surface area contributed by atoms with E-state index in [0.717, 1.165) is 21.8 Å². The summed E-state index contributed by atoms with van der Waals surface area (Å²) >= 11 is 0. The predicted molar refractivity (Wildman–Crippen MR) is 74.3 cm³/mol. The summed E-state index contributed by atoms with van der Waals surface area (Å²) in [5.41, 5.74) is 6.41. The average Bonchev–Trinajstić information content (AvgIpc) is 2.76. The molecule has 5 heteroatoms. The summed E-state index contributed by atoms with van der Waals surface area (Å²) < 4.78 is 0. The molecule has 0 saturated heterocycles. The lowest BCUT2D eigenvalue weighted by Crippen LogP contribution is -2.41. The molecule has 96 valence electrons. The van der Waals surface area contributed by atoms with Gasteiger partial charge in [0.25, 0.3) is 5.66 Å². The molecule has 0 amide bonds. The van der Waals surface area contributed by atoms with Gasteiger partial charge in [-0.1, -0.05) is 30.3 Å². The highest BCUT2D eigenvalue weighted by molar-refractivity contribution is 6.08. The van der Waals surface area contributed by atoms with Crippen LogP contribution in [0.3, 0.4) is 0 Å². The third kappa shape index (κ3) is 1.59. The minimum Gasteiger partial charge on any atom is -0.354 e. The summed E-state index contributed by atoms with van der Waals surface area (Å²) in [4.78, 5) is 13.9. The van der Waals surface area contributed by atoms with Gasteiger partial charge >= 0.3 is 0 Å². The van der Waals surface area contributed by atoms with Gasteiger partial charge in [0, 0.05) is 28.1 Å². The third-order valence-corrected chi connectivity index (χ3v) is 3.47. The van der Waals surface area contributed by atoms with Crippen LogP contribution in [0.2, 0.25) is 0 Å². The molecule has 1 atom stereocenters. The van der Waals surface area contributed by atoms with Crippen LogP contribution >= 0.6 is 0 Å². The molecule has 0 aliphatic rings. The Labute approximate surface area is 109 Å². The van der Waals surface area contributed by atoms with Crippen LogP contribution in [-0.4, -0.2) is 9.91 Å². The van der Waals surface area contributed by atoms with Crippen LogP contribution < -0.4 is 5.73 Å². The number of aromatic amines is 1. The summed E-state index contributed by atoms with van der Waals surface area (Å²) in [5, 5.41) is 13.1. The molecule has 0 spiro atoms. The Kier molecular flexibility index (Phi) is 2.33. The minimum atomic E-state index is -1.61. The number of benzene rings is 2. The Balaban J connectivity index is 2.42. The van der Waals surface area contributed by atoms with E-state index >= 15 is 0 Å². The van der Waals surface area contributed by atoms with Gasteiger partial charge in [-0.05, 0) is 12.1 Å². The molecule has 2 aromatic carbocycles. The molecule has 1 aromatic heterocycles. The Bertz CT molecular complexity index is 790. The molecule has 3 aromatic rings. The van der Waals surface area contributed by atoms with Crippen LogP contribution in [0.1, 0.15) is 12.5 Å². The fourth-order valence-corrected chi connectivity index (χ4v) is 2.39. The van der Waals surface area contributed by atoms with Crippen LogP contribution in [0.15, 0.2) is 42.5 Å².